The Balaban J connectivity index is 2.35. The van der Waals surface area contributed by atoms with E-state index in [2.05, 4.69) is 37.2 Å². The van der Waals surface area contributed by atoms with Crippen LogP contribution in [0.25, 0.3) is 0 Å². The van der Waals surface area contributed by atoms with E-state index in [9.17, 15) is 18.0 Å². The number of hydrogen-bond acceptors (Lipinski definition) is 4. The highest BCUT2D eigenvalue weighted by Crippen LogP contribution is 2.22. The van der Waals surface area contributed by atoms with Gasteiger partial charge in [0.05, 0.1) is 11.9 Å². The predicted molar refractivity (Wildman–Crippen MR) is 129 cm³/mol. The van der Waals surface area contributed by atoms with Gasteiger partial charge in [0.15, 0.2) is 0 Å². The van der Waals surface area contributed by atoms with Crippen LogP contribution in [0.5, 0.6) is 0 Å². The van der Waals surface area contributed by atoms with Crippen LogP contribution in [0.1, 0.15) is 19.4 Å². The van der Waals surface area contributed by atoms with Gasteiger partial charge in [-0.15, -0.1) is 0 Å². The fourth-order valence-electron chi connectivity index (χ4n) is 2.91. The van der Waals surface area contributed by atoms with Crippen LogP contribution in [0.15, 0.2) is 57.5 Å². The van der Waals surface area contributed by atoms with Crippen molar-refractivity contribution in [3.8, 4) is 0 Å². The van der Waals surface area contributed by atoms with Crippen molar-refractivity contribution in [2.75, 3.05) is 23.7 Å². The molecule has 0 radical (unpaired) electrons. The molecule has 0 saturated carbocycles. The molecule has 2 amide bonds. The fourth-order valence-corrected chi connectivity index (χ4v) is 4.29. The number of likely N-dealkylation sites (N-methyl/N-ethyl adjacent to an activating group) is 1. The van der Waals surface area contributed by atoms with Gasteiger partial charge in [0.1, 0.15) is 12.6 Å². The van der Waals surface area contributed by atoms with Gasteiger partial charge < -0.3 is 10.2 Å². The number of carbonyl (C=O) groups excluding carboxylic acids is 2. The second-order valence-corrected chi connectivity index (χ2v) is 10.7. The average molecular weight is 575 g/mol. The molecule has 0 spiro atoms. The van der Waals surface area contributed by atoms with Crippen LogP contribution >= 0.6 is 31.9 Å². The van der Waals surface area contributed by atoms with Gasteiger partial charge in [-0.05, 0) is 55.8 Å². The molecule has 0 saturated heterocycles. The molecular weight excluding hydrogens is 550 g/mol. The highest BCUT2D eigenvalue weighted by Gasteiger charge is 2.29. The molecule has 7 nitrogen and oxygen atoms in total. The van der Waals surface area contributed by atoms with Gasteiger partial charge in [-0.3, -0.25) is 13.9 Å². The largest absolute Gasteiger partial charge is 0.355 e. The van der Waals surface area contributed by atoms with Crippen molar-refractivity contribution in [2.24, 2.45) is 0 Å². The van der Waals surface area contributed by atoms with Gasteiger partial charge in [0, 0.05) is 22.0 Å². The number of carbonyl (C=O) groups is 2. The zero-order valence-electron chi connectivity index (χ0n) is 17.5. The maximum Gasteiger partial charge on any atom is 0.244 e. The van der Waals surface area contributed by atoms with Gasteiger partial charge in [0.25, 0.3) is 0 Å². The van der Waals surface area contributed by atoms with Gasteiger partial charge in [0.2, 0.25) is 21.8 Å². The van der Waals surface area contributed by atoms with Crippen molar-refractivity contribution in [3.05, 3.63) is 63.0 Å². The van der Waals surface area contributed by atoms with Gasteiger partial charge >= 0.3 is 0 Å². The molecule has 2 aromatic rings. The number of anilines is 1. The molecule has 1 atom stereocenters. The van der Waals surface area contributed by atoms with E-state index < -0.39 is 28.5 Å². The van der Waals surface area contributed by atoms with E-state index in [0.29, 0.717) is 12.2 Å². The average Bonchev–Trinajstić information content (AvgIpc) is 2.71. The van der Waals surface area contributed by atoms with E-state index in [4.69, 9.17) is 0 Å². The molecule has 0 aromatic heterocycles. The molecule has 0 aliphatic heterocycles. The van der Waals surface area contributed by atoms with Crippen LogP contribution in [0.2, 0.25) is 0 Å². The van der Waals surface area contributed by atoms with Gasteiger partial charge in [-0.1, -0.05) is 44.0 Å². The van der Waals surface area contributed by atoms with Gasteiger partial charge in [-0.2, -0.15) is 0 Å². The van der Waals surface area contributed by atoms with Crippen molar-refractivity contribution in [2.45, 2.75) is 26.4 Å². The lowest BCUT2D eigenvalue weighted by Gasteiger charge is -2.31. The molecule has 1 unspecified atom stereocenters. The maximum absolute atomic E-state index is 13.3. The van der Waals surface area contributed by atoms with Crippen molar-refractivity contribution < 1.29 is 18.0 Å². The summed E-state index contributed by atoms with van der Waals surface area (Å²) in [5, 5.41) is 2.72. The van der Waals surface area contributed by atoms with Crippen LogP contribution in [0, 0.1) is 0 Å². The molecule has 2 aromatic carbocycles. The van der Waals surface area contributed by atoms with Crippen molar-refractivity contribution in [1.82, 2.24) is 10.2 Å². The number of hydrogen-bond donors (Lipinski definition) is 1. The summed E-state index contributed by atoms with van der Waals surface area (Å²) in [4.78, 5) is 27.2. The van der Waals surface area contributed by atoms with E-state index in [-0.39, 0.29) is 12.5 Å². The van der Waals surface area contributed by atoms with E-state index in [1.807, 2.05) is 24.3 Å². The monoisotopic (exact) mass is 573 g/mol. The molecule has 0 bridgehead atoms. The molecular formula is C21H25Br2N3O4S. The Hall–Kier alpha value is -1.91. The van der Waals surface area contributed by atoms with Crippen LogP contribution < -0.4 is 9.62 Å². The third kappa shape index (κ3) is 7.33. The van der Waals surface area contributed by atoms with Crippen LogP contribution in [-0.2, 0) is 26.2 Å². The standard InChI is InChI=1S/C21H25Br2N3O4S/c1-4-24-21(28)15(2)25(13-16-5-7-17(22)8-6-16)20(27)14-26(31(3,29)30)19-11-9-18(23)10-12-19/h5-12,15H,4,13-14H2,1-3H3,(H,24,28). The molecule has 0 heterocycles. The topological polar surface area (TPSA) is 86.8 Å². The molecule has 0 aliphatic carbocycles. The first kappa shape index (κ1) is 25.4. The molecule has 10 heteroatoms. The summed E-state index contributed by atoms with van der Waals surface area (Å²) in [6.07, 6.45) is 1.05. The first-order valence-corrected chi connectivity index (χ1v) is 13.0. The highest BCUT2D eigenvalue weighted by molar-refractivity contribution is 9.10. The van der Waals surface area contributed by atoms with E-state index in [1.165, 1.54) is 4.90 Å². The lowest BCUT2D eigenvalue weighted by molar-refractivity contribution is -0.139. The summed E-state index contributed by atoms with van der Waals surface area (Å²) < 4.78 is 27.6. The quantitative estimate of drug-likeness (QED) is 0.496. The molecule has 0 fully saturated rings. The van der Waals surface area contributed by atoms with Crippen molar-refractivity contribution in [3.63, 3.8) is 0 Å². The van der Waals surface area contributed by atoms with Gasteiger partial charge in [-0.25, -0.2) is 8.42 Å². The van der Waals surface area contributed by atoms with Crippen LogP contribution in [0.3, 0.4) is 0 Å². The smallest absolute Gasteiger partial charge is 0.244 e. The zero-order valence-corrected chi connectivity index (χ0v) is 21.5. The maximum atomic E-state index is 13.3. The Bertz CT molecular complexity index is 1010. The summed E-state index contributed by atoms with van der Waals surface area (Å²) in [6.45, 7) is 3.61. The number of amides is 2. The fraction of sp³-hybridized carbons (Fsp3) is 0.333. The third-order valence-electron chi connectivity index (χ3n) is 4.58. The zero-order chi connectivity index (χ0) is 23.2. The third-order valence-corrected chi connectivity index (χ3v) is 6.78. The second kappa shape index (κ2) is 11.1. The Labute approximate surface area is 200 Å². The van der Waals surface area contributed by atoms with E-state index >= 15 is 0 Å². The molecule has 2 rings (SSSR count). The molecule has 31 heavy (non-hydrogen) atoms. The summed E-state index contributed by atoms with van der Waals surface area (Å²) in [5.74, 6) is -0.780. The SMILES string of the molecule is CCNC(=O)C(C)N(Cc1ccc(Br)cc1)C(=O)CN(c1ccc(Br)cc1)S(C)(=O)=O. The molecule has 0 aliphatic rings. The predicted octanol–water partition coefficient (Wildman–Crippen LogP) is 3.53. The molecule has 1 N–H and O–H groups in total. The number of halogens is 2. The minimum Gasteiger partial charge on any atom is -0.355 e. The summed E-state index contributed by atoms with van der Waals surface area (Å²) >= 11 is 6.70. The van der Waals surface area contributed by atoms with E-state index in [0.717, 1.165) is 25.1 Å². The normalized spacial score (nSPS) is 12.2. The van der Waals surface area contributed by atoms with E-state index in [1.54, 1.807) is 38.1 Å². The Morgan fingerprint density at radius 2 is 1.52 bits per heavy atom. The lowest BCUT2D eigenvalue weighted by Crippen LogP contribution is -2.51. The first-order chi connectivity index (χ1) is 14.5. The van der Waals surface area contributed by atoms with Crippen molar-refractivity contribution >= 4 is 59.4 Å². The summed E-state index contributed by atoms with van der Waals surface area (Å²) in [7, 11) is -3.73. The van der Waals surface area contributed by atoms with Crippen LogP contribution in [-0.4, -0.2) is 50.5 Å². The van der Waals surface area contributed by atoms with Crippen molar-refractivity contribution in [1.29, 1.82) is 0 Å². The summed E-state index contributed by atoms with van der Waals surface area (Å²) in [5.41, 5.74) is 1.19. The number of nitrogens with zero attached hydrogens (tertiary/aromatic N) is 2. The first-order valence-electron chi connectivity index (χ1n) is 9.57. The number of sulfonamides is 1. The minimum absolute atomic E-state index is 0.169. The number of nitrogens with one attached hydrogen (secondary N) is 1. The number of benzene rings is 2. The second-order valence-electron chi connectivity index (χ2n) is 6.96. The highest BCUT2D eigenvalue weighted by atomic mass is 79.9. The number of rotatable bonds is 9. The summed E-state index contributed by atoms with van der Waals surface area (Å²) in [6, 6.07) is 13.2. The Kier molecular flexibility index (Phi) is 9.08. The Morgan fingerprint density at radius 3 is 2.00 bits per heavy atom. The molecule has 168 valence electrons. The lowest BCUT2D eigenvalue weighted by atomic mass is 10.1. The Morgan fingerprint density at radius 1 is 1.00 bits per heavy atom. The minimum atomic E-state index is -3.73. The van der Waals surface area contributed by atoms with Crippen LogP contribution in [0.4, 0.5) is 5.69 Å².